The fourth-order valence-electron chi connectivity index (χ4n) is 3.43. The molecule has 0 amide bonds. The van der Waals surface area contributed by atoms with E-state index in [1.54, 1.807) is 33.9 Å². The molecule has 0 saturated carbocycles. The average Bonchev–Trinajstić information content (AvgIpc) is 3.53. The summed E-state index contributed by atoms with van der Waals surface area (Å²) in [6.07, 6.45) is 3.38. The van der Waals surface area contributed by atoms with E-state index in [4.69, 9.17) is 28.2 Å². The smallest absolute Gasteiger partial charge is 0.200 e. The van der Waals surface area contributed by atoms with E-state index in [-0.39, 0.29) is 0 Å². The summed E-state index contributed by atoms with van der Waals surface area (Å²) >= 11 is 12.1. The second-order valence-electron chi connectivity index (χ2n) is 6.87. The van der Waals surface area contributed by atoms with Crippen LogP contribution in [-0.2, 0) is 0 Å². The molecule has 4 aromatic heterocycles. The minimum absolute atomic E-state index is 0.471. The van der Waals surface area contributed by atoms with Crippen LogP contribution >= 0.6 is 23.2 Å². The van der Waals surface area contributed by atoms with Crippen molar-refractivity contribution in [1.29, 1.82) is 0 Å². The largest absolute Gasteiger partial charge is 0.274 e. The molecule has 0 aliphatic heterocycles. The van der Waals surface area contributed by atoms with E-state index in [2.05, 4.69) is 25.4 Å². The third kappa shape index (κ3) is 2.96. The highest BCUT2D eigenvalue weighted by Gasteiger charge is 2.16. The molecule has 6 rings (SSSR count). The summed E-state index contributed by atoms with van der Waals surface area (Å²) in [4.78, 5) is 9.23. The van der Waals surface area contributed by atoms with Crippen molar-refractivity contribution in [3.8, 4) is 28.5 Å². The summed E-state index contributed by atoms with van der Waals surface area (Å²) in [5.74, 6) is 0.501. The van der Waals surface area contributed by atoms with Gasteiger partial charge in [0.15, 0.2) is 17.1 Å². The molecule has 0 bridgehead atoms. The Morgan fingerprint density at radius 3 is 2.61 bits per heavy atom. The highest BCUT2D eigenvalue weighted by Crippen LogP contribution is 2.29. The molecule has 0 saturated heterocycles. The Balaban J connectivity index is 1.43. The molecule has 0 spiro atoms. The van der Waals surface area contributed by atoms with Gasteiger partial charge in [-0.3, -0.25) is 5.10 Å². The van der Waals surface area contributed by atoms with Gasteiger partial charge in [-0.15, -0.1) is 5.10 Å². The van der Waals surface area contributed by atoms with Crippen LogP contribution in [0.2, 0.25) is 10.0 Å². The molecule has 0 aliphatic carbocycles. The fraction of sp³-hybridized carbons (Fsp3) is 0. The number of nitrogens with zero attached hydrogens (tertiary/aromatic N) is 7. The van der Waals surface area contributed by atoms with E-state index in [0.29, 0.717) is 38.6 Å². The van der Waals surface area contributed by atoms with Crippen molar-refractivity contribution in [1.82, 2.24) is 39.6 Å². The molecule has 1 N–H and O–H groups in total. The van der Waals surface area contributed by atoms with Crippen molar-refractivity contribution in [2.45, 2.75) is 0 Å². The van der Waals surface area contributed by atoms with E-state index in [0.717, 1.165) is 16.6 Å². The van der Waals surface area contributed by atoms with E-state index < -0.39 is 0 Å². The SMILES string of the molecule is Clc1ccc(-c2cc(-c3nc4c5cnn(-c6ccccc6)c5ncn4n3)[nH]n2)cc1Cl. The third-order valence-electron chi connectivity index (χ3n) is 4.94. The number of benzene rings is 2. The molecule has 0 fully saturated rings. The molecule has 0 unspecified atom stereocenters. The van der Waals surface area contributed by atoms with Gasteiger partial charge in [-0.1, -0.05) is 47.5 Å². The second-order valence-corrected chi connectivity index (χ2v) is 7.69. The van der Waals surface area contributed by atoms with Gasteiger partial charge in [-0.2, -0.15) is 10.2 Å². The van der Waals surface area contributed by atoms with Crippen LogP contribution in [0.25, 0.3) is 45.1 Å². The summed E-state index contributed by atoms with van der Waals surface area (Å²) < 4.78 is 3.41. The number of halogens is 2. The number of hydrogen-bond acceptors (Lipinski definition) is 5. The lowest BCUT2D eigenvalue weighted by Gasteiger charge is -2.01. The minimum atomic E-state index is 0.471. The number of hydrogen-bond donors (Lipinski definition) is 1. The molecular formula is C21H12Cl2N8. The van der Waals surface area contributed by atoms with Gasteiger partial charge in [0.25, 0.3) is 0 Å². The van der Waals surface area contributed by atoms with Gasteiger partial charge in [-0.25, -0.2) is 19.2 Å². The summed E-state index contributed by atoms with van der Waals surface area (Å²) in [6, 6.07) is 17.1. The fourth-order valence-corrected chi connectivity index (χ4v) is 3.73. The number of aromatic amines is 1. The number of H-pyrrole nitrogens is 1. The Labute approximate surface area is 185 Å². The molecule has 150 valence electrons. The maximum Gasteiger partial charge on any atom is 0.200 e. The van der Waals surface area contributed by atoms with Gasteiger partial charge in [0.05, 0.1) is 33.0 Å². The molecule has 0 aliphatic rings. The Kier molecular flexibility index (Phi) is 4.02. The van der Waals surface area contributed by atoms with Crippen LogP contribution in [0.1, 0.15) is 0 Å². The Bertz CT molecular complexity index is 1560. The highest BCUT2D eigenvalue weighted by molar-refractivity contribution is 6.42. The van der Waals surface area contributed by atoms with E-state index in [9.17, 15) is 0 Å². The van der Waals surface area contributed by atoms with Crippen molar-refractivity contribution in [3.63, 3.8) is 0 Å². The highest BCUT2D eigenvalue weighted by atomic mass is 35.5. The lowest BCUT2D eigenvalue weighted by Crippen LogP contribution is -1.98. The number of fused-ring (bicyclic) bond motifs is 3. The second kappa shape index (κ2) is 6.90. The predicted molar refractivity (Wildman–Crippen MR) is 118 cm³/mol. The number of nitrogens with one attached hydrogen (secondary N) is 1. The number of aromatic nitrogens is 8. The van der Waals surface area contributed by atoms with Gasteiger partial charge in [0.2, 0.25) is 0 Å². The lowest BCUT2D eigenvalue weighted by atomic mass is 10.1. The molecule has 8 nitrogen and oxygen atoms in total. The molecule has 0 radical (unpaired) electrons. The van der Waals surface area contributed by atoms with Crippen LogP contribution in [0.5, 0.6) is 0 Å². The zero-order valence-corrected chi connectivity index (χ0v) is 17.2. The van der Waals surface area contributed by atoms with E-state index >= 15 is 0 Å². The first-order valence-electron chi connectivity index (χ1n) is 9.33. The Morgan fingerprint density at radius 2 is 1.77 bits per heavy atom. The summed E-state index contributed by atoms with van der Waals surface area (Å²) in [6.45, 7) is 0. The summed E-state index contributed by atoms with van der Waals surface area (Å²) in [5, 5.41) is 18.1. The van der Waals surface area contributed by atoms with E-state index in [1.165, 1.54) is 0 Å². The molecule has 10 heteroatoms. The maximum atomic E-state index is 6.13. The first-order chi connectivity index (χ1) is 15.2. The zero-order chi connectivity index (χ0) is 20.9. The maximum absolute atomic E-state index is 6.13. The number of para-hydroxylation sites is 1. The van der Waals surface area contributed by atoms with Crippen molar-refractivity contribution >= 4 is 39.9 Å². The molecule has 2 aromatic carbocycles. The van der Waals surface area contributed by atoms with Crippen LogP contribution in [0.4, 0.5) is 0 Å². The minimum Gasteiger partial charge on any atom is -0.274 e. The Hall–Kier alpha value is -3.75. The van der Waals surface area contributed by atoms with E-state index in [1.807, 2.05) is 42.5 Å². The van der Waals surface area contributed by atoms with Gasteiger partial charge in [0.1, 0.15) is 12.0 Å². The van der Waals surface area contributed by atoms with Gasteiger partial charge >= 0.3 is 0 Å². The van der Waals surface area contributed by atoms with Crippen LogP contribution < -0.4 is 0 Å². The molecule has 6 aromatic rings. The topological polar surface area (TPSA) is 89.6 Å². The first-order valence-corrected chi connectivity index (χ1v) is 10.1. The average molecular weight is 447 g/mol. The van der Waals surface area contributed by atoms with Crippen LogP contribution in [0.15, 0.2) is 67.1 Å². The van der Waals surface area contributed by atoms with Crippen LogP contribution in [-0.4, -0.2) is 39.6 Å². The standard InChI is InChI=1S/C21H12Cl2N8/c22-15-7-6-12(8-16(15)23)17-9-18(28-27-17)19-26-21-14-10-25-31(13-4-2-1-3-5-13)20(14)24-11-30(21)29-19/h1-11H,(H,27,28). The quantitative estimate of drug-likeness (QED) is 0.420. The van der Waals surface area contributed by atoms with Crippen LogP contribution in [0.3, 0.4) is 0 Å². The van der Waals surface area contributed by atoms with Gasteiger partial charge in [-0.05, 0) is 30.3 Å². The summed E-state index contributed by atoms with van der Waals surface area (Å²) in [7, 11) is 0. The molecule has 31 heavy (non-hydrogen) atoms. The number of rotatable bonds is 3. The molecule has 4 heterocycles. The third-order valence-corrected chi connectivity index (χ3v) is 5.68. The van der Waals surface area contributed by atoms with Gasteiger partial charge < -0.3 is 0 Å². The van der Waals surface area contributed by atoms with Gasteiger partial charge in [0, 0.05) is 5.56 Å². The normalized spacial score (nSPS) is 11.5. The monoisotopic (exact) mass is 446 g/mol. The van der Waals surface area contributed by atoms with Crippen LogP contribution in [0, 0.1) is 0 Å². The van der Waals surface area contributed by atoms with Crippen molar-refractivity contribution in [3.05, 3.63) is 77.2 Å². The Morgan fingerprint density at radius 1 is 0.903 bits per heavy atom. The molecular weight excluding hydrogens is 435 g/mol. The van der Waals surface area contributed by atoms with Crippen molar-refractivity contribution in [2.75, 3.05) is 0 Å². The van der Waals surface area contributed by atoms with Crippen molar-refractivity contribution < 1.29 is 0 Å². The lowest BCUT2D eigenvalue weighted by molar-refractivity contribution is 0.882. The zero-order valence-electron chi connectivity index (χ0n) is 15.7. The first kappa shape index (κ1) is 18.1. The predicted octanol–water partition coefficient (Wildman–Crippen LogP) is 4.83. The summed E-state index contributed by atoms with van der Waals surface area (Å²) in [5.41, 5.74) is 4.52. The van der Waals surface area contributed by atoms with Crippen molar-refractivity contribution in [2.24, 2.45) is 0 Å². The molecule has 0 atom stereocenters.